The highest BCUT2D eigenvalue weighted by atomic mass is 16.3. The van der Waals surface area contributed by atoms with Crippen molar-refractivity contribution in [2.75, 3.05) is 6.61 Å². The summed E-state index contributed by atoms with van der Waals surface area (Å²) in [6.07, 6.45) is 0. The van der Waals surface area contributed by atoms with Crippen LogP contribution in [0.3, 0.4) is 0 Å². The van der Waals surface area contributed by atoms with Gasteiger partial charge in [0, 0.05) is 0 Å². The van der Waals surface area contributed by atoms with Crippen molar-refractivity contribution < 1.29 is 5.11 Å². The maximum absolute atomic E-state index is 9.40. The Morgan fingerprint density at radius 3 is 1.47 bits per heavy atom. The Bertz CT molecular complexity index is 355. The van der Waals surface area contributed by atoms with Gasteiger partial charge < -0.3 is 5.11 Å². The fourth-order valence-electron chi connectivity index (χ4n) is 1.63. The molecule has 15 heavy (non-hydrogen) atoms. The Balaban J connectivity index is 2.34. The summed E-state index contributed by atoms with van der Waals surface area (Å²) >= 11 is 0. The zero-order chi connectivity index (χ0) is 10.5. The molecule has 75 valence electrons. The molecule has 1 N–H and O–H groups in total. The van der Waals surface area contributed by atoms with Crippen molar-refractivity contribution in [3.8, 4) is 0 Å². The van der Waals surface area contributed by atoms with Crippen LogP contribution in [0.25, 0.3) is 0 Å². The maximum atomic E-state index is 9.40. The Kier molecular flexibility index (Phi) is 3.15. The molecule has 1 nitrogen and oxygen atoms in total. The Hall–Kier alpha value is -1.60. The van der Waals surface area contributed by atoms with Gasteiger partial charge in [-0.25, -0.2) is 0 Å². The highest BCUT2D eigenvalue weighted by molar-refractivity contribution is 5.45. The minimum absolute atomic E-state index is 0.0635. The second-order valence-electron chi connectivity index (χ2n) is 3.37. The molecule has 0 fully saturated rings. The summed E-state index contributed by atoms with van der Waals surface area (Å²) in [5.41, 5.74) is 2.15. The molecular formula is C14H13O. The van der Waals surface area contributed by atoms with E-state index in [1.54, 1.807) is 0 Å². The molecule has 0 spiro atoms. The lowest BCUT2D eigenvalue weighted by Crippen LogP contribution is -2.06. The van der Waals surface area contributed by atoms with E-state index in [2.05, 4.69) is 0 Å². The number of benzene rings is 2. The molecule has 1 radical (unpaired) electrons. The summed E-state index contributed by atoms with van der Waals surface area (Å²) in [6, 6.07) is 19.9. The van der Waals surface area contributed by atoms with Gasteiger partial charge >= 0.3 is 0 Å². The summed E-state index contributed by atoms with van der Waals surface area (Å²) in [7, 11) is 0. The lowest BCUT2D eigenvalue weighted by Gasteiger charge is -2.13. The first-order chi connectivity index (χ1) is 7.42. The molecule has 0 aliphatic rings. The molecule has 0 aromatic heterocycles. The SMILES string of the molecule is OC[C](c1ccccc1)c1ccccc1. The first-order valence-electron chi connectivity index (χ1n) is 4.99. The zero-order valence-electron chi connectivity index (χ0n) is 8.43. The summed E-state index contributed by atoms with van der Waals surface area (Å²) < 4.78 is 0. The highest BCUT2D eigenvalue weighted by Gasteiger charge is 2.12. The van der Waals surface area contributed by atoms with Gasteiger partial charge in [0.15, 0.2) is 0 Å². The van der Waals surface area contributed by atoms with E-state index in [4.69, 9.17) is 0 Å². The molecule has 0 amide bonds. The summed E-state index contributed by atoms with van der Waals surface area (Å²) in [5, 5.41) is 9.40. The van der Waals surface area contributed by atoms with Gasteiger partial charge in [-0.15, -0.1) is 0 Å². The van der Waals surface area contributed by atoms with Gasteiger partial charge in [-0.2, -0.15) is 0 Å². The van der Waals surface area contributed by atoms with Gasteiger partial charge in [-0.05, 0) is 11.1 Å². The molecule has 0 heterocycles. The molecule has 1 heteroatoms. The predicted molar refractivity (Wildman–Crippen MR) is 61.4 cm³/mol. The summed E-state index contributed by atoms with van der Waals surface area (Å²) in [6.45, 7) is 0.0635. The number of aliphatic hydroxyl groups excluding tert-OH is 1. The van der Waals surface area contributed by atoms with Crippen molar-refractivity contribution in [2.24, 2.45) is 0 Å². The van der Waals surface area contributed by atoms with Crippen LogP contribution >= 0.6 is 0 Å². The van der Waals surface area contributed by atoms with Crippen molar-refractivity contribution in [2.45, 2.75) is 0 Å². The van der Waals surface area contributed by atoms with Crippen LogP contribution in [0, 0.1) is 5.92 Å². The molecule has 2 rings (SSSR count). The average Bonchev–Trinajstić information content (AvgIpc) is 2.33. The Morgan fingerprint density at radius 2 is 1.13 bits per heavy atom. The minimum Gasteiger partial charge on any atom is -0.395 e. The molecule has 2 aromatic carbocycles. The quantitative estimate of drug-likeness (QED) is 0.802. The van der Waals surface area contributed by atoms with Crippen molar-refractivity contribution in [3.05, 3.63) is 77.7 Å². The second-order valence-corrected chi connectivity index (χ2v) is 3.37. The molecular weight excluding hydrogens is 184 g/mol. The third-order valence-electron chi connectivity index (χ3n) is 2.40. The lowest BCUT2D eigenvalue weighted by molar-refractivity contribution is 0.318. The van der Waals surface area contributed by atoms with Crippen molar-refractivity contribution in [1.29, 1.82) is 0 Å². The van der Waals surface area contributed by atoms with Crippen LogP contribution in [-0.2, 0) is 0 Å². The van der Waals surface area contributed by atoms with E-state index >= 15 is 0 Å². The van der Waals surface area contributed by atoms with Gasteiger partial charge in [-0.1, -0.05) is 60.7 Å². The van der Waals surface area contributed by atoms with E-state index < -0.39 is 0 Å². The predicted octanol–water partition coefficient (Wildman–Crippen LogP) is 2.65. The Morgan fingerprint density at radius 1 is 0.733 bits per heavy atom. The fourth-order valence-corrected chi connectivity index (χ4v) is 1.63. The molecule has 0 unspecified atom stereocenters. The maximum Gasteiger partial charge on any atom is 0.0592 e. The van der Waals surface area contributed by atoms with Gasteiger partial charge in [0.1, 0.15) is 0 Å². The lowest BCUT2D eigenvalue weighted by atomic mass is 9.92. The van der Waals surface area contributed by atoms with Crippen LogP contribution < -0.4 is 0 Å². The van der Waals surface area contributed by atoms with Crippen molar-refractivity contribution >= 4 is 0 Å². The summed E-state index contributed by atoms with van der Waals surface area (Å²) in [5.74, 6) is 0.969. The molecule has 0 saturated heterocycles. The van der Waals surface area contributed by atoms with E-state index in [-0.39, 0.29) is 6.61 Å². The van der Waals surface area contributed by atoms with Crippen LogP contribution in [0.2, 0.25) is 0 Å². The van der Waals surface area contributed by atoms with Crippen LogP contribution in [0.4, 0.5) is 0 Å². The number of aliphatic hydroxyl groups is 1. The van der Waals surface area contributed by atoms with E-state index in [9.17, 15) is 5.11 Å². The average molecular weight is 197 g/mol. The smallest absolute Gasteiger partial charge is 0.0592 e. The standard InChI is InChI=1S/C14H13O/c15-11-14(12-7-3-1-4-8-12)13-9-5-2-6-10-13/h1-10,15H,11H2. The van der Waals surface area contributed by atoms with Crippen LogP contribution in [0.5, 0.6) is 0 Å². The number of rotatable bonds is 3. The zero-order valence-corrected chi connectivity index (χ0v) is 8.43. The van der Waals surface area contributed by atoms with Gasteiger partial charge in [-0.3, -0.25) is 0 Å². The number of hydrogen-bond donors (Lipinski definition) is 1. The summed E-state index contributed by atoms with van der Waals surface area (Å²) in [4.78, 5) is 0. The molecule has 0 aliphatic heterocycles. The molecule has 0 saturated carbocycles. The normalized spacial score (nSPS) is 10.5. The third-order valence-corrected chi connectivity index (χ3v) is 2.40. The second kappa shape index (κ2) is 4.76. The Labute approximate surface area is 90.0 Å². The van der Waals surface area contributed by atoms with Gasteiger partial charge in [0.05, 0.1) is 12.5 Å². The first kappa shape index (κ1) is 9.94. The van der Waals surface area contributed by atoms with Crippen molar-refractivity contribution in [1.82, 2.24) is 0 Å². The highest BCUT2D eigenvalue weighted by Crippen LogP contribution is 2.22. The minimum atomic E-state index is 0.0635. The van der Waals surface area contributed by atoms with Gasteiger partial charge in [0.2, 0.25) is 0 Å². The van der Waals surface area contributed by atoms with E-state index in [1.807, 2.05) is 60.7 Å². The van der Waals surface area contributed by atoms with E-state index in [0.717, 1.165) is 17.0 Å². The third kappa shape index (κ3) is 2.25. The van der Waals surface area contributed by atoms with Crippen molar-refractivity contribution in [3.63, 3.8) is 0 Å². The van der Waals surface area contributed by atoms with Crippen LogP contribution in [0.1, 0.15) is 11.1 Å². The largest absolute Gasteiger partial charge is 0.395 e. The molecule has 2 aromatic rings. The molecule has 0 aliphatic carbocycles. The van der Waals surface area contributed by atoms with Gasteiger partial charge in [0.25, 0.3) is 0 Å². The number of hydrogen-bond acceptors (Lipinski definition) is 1. The van der Waals surface area contributed by atoms with E-state index in [0.29, 0.717) is 0 Å². The first-order valence-corrected chi connectivity index (χ1v) is 4.99. The van der Waals surface area contributed by atoms with E-state index in [1.165, 1.54) is 0 Å². The monoisotopic (exact) mass is 197 g/mol. The van der Waals surface area contributed by atoms with Crippen LogP contribution in [-0.4, -0.2) is 11.7 Å². The van der Waals surface area contributed by atoms with Crippen LogP contribution in [0.15, 0.2) is 60.7 Å². The topological polar surface area (TPSA) is 20.2 Å². The molecule has 0 atom stereocenters. The molecule has 0 bridgehead atoms. The fraction of sp³-hybridized carbons (Fsp3) is 0.0714.